The van der Waals surface area contributed by atoms with Crippen LogP contribution in [0.25, 0.3) is 11.2 Å². The second kappa shape index (κ2) is 21.7. The molecule has 1 aliphatic heterocycles. The van der Waals surface area contributed by atoms with Crippen LogP contribution >= 0.6 is 35.2 Å². The number of hydrogen-bond acceptors (Lipinski definition) is 20. The van der Waals surface area contributed by atoms with Crippen molar-refractivity contribution in [2.24, 2.45) is 11.3 Å². The summed E-state index contributed by atoms with van der Waals surface area (Å²) in [6.45, 7) is -0.0734. The van der Waals surface area contributed by atoms with Gasteiger partial charge in [-0.25, -0.2) is 28.6 Å². The fourth-order valence-electron chi connectivity index (χ4n) is 5.64. The van der Waals surface area contributed by atoms with E-state index >= 15 is 0 Å². The zero-order valence-electron chi connectivity index (χ0n) is 33.0. The number of aliphatic hydroxyl groups is 2. The molecule has 0 spiro atoms. The molecule has 11 N–H and O–H groups in total. The number of nitrogens with zero attached hydrogens (tertiary/aromatic N) is 4. The molecule has 0 bridgehead atoms. The van der Waals surface area contributed by atoms with E-state index in [1.807, 2.05) is 0 Å². The number of fused-ring (bicyclic) bond motifs is 1. The first-order valence-corrected chi connectivity index (χ1v) is 23.7. The Morgan fingerprint density at radius 1 is 0.984 bits per heavy atom. The maximum atomic E-state index is 12.7. The lowest BCUT2D eigenvalue weighted by Crippen LogP contribution is -2.46. The molecule has 1 aliphatic rings. The topological polar surface area (TPSA) is 418 Å². The Bertz CT molecular complexity index is 2280. The molecule has 27 nitrogen and oxygen atoms in total. The molecule has 0 saturated carbocycles. The van der Waals surface area contributed by atoms with Crippen LogP contribution in [0.4, 0.5) is 5.82 Å². The molecule has 63 heavy (non-hydrogen) atoms. The highest BCUT2D eigenvalue weighted by molar-refractivity contribution is 8.13. The van der Waals surface area contributed by atoms with Crippen LogP contribution in [0.15, 0.2) is 43.0 Å². The molecular formula is C32H44N7O20P3S. The Morgan fingerprint density at radius 3 is 2.30 bits per heavy atom. The van der Waals surface area contributed by atoms with Gasteiger partial charge in [-0.2, -0.15) is 4.31 Å². The molecule has 3 heterocycles. The quantitative estimate of drug-likeness (QED) is 0.0237. The van der Waals surface area contributed by atoms with Crippen molar-refractivity contribution < 1.29 is 95.2 Å². The van der Waals surface area contributed by atoms with E-state index in [4.69, 9.17) is 19.5 Å². The second-order valence-electron chi connectivity index (χ2n) is 14.1. The van der Waals surface area contributed by atoms with E-state index in [2.05, 4.69) is 34.4 Å². The summed E-state index contributed by atoms with van der Waals surface area (Å²) < 4.78 is 62.2. The minimum atomic E-state index is -5.62. The molecule has 4 rings (SSSR count). The Balaban J connectivity index is 1.21. The number of aromatic nitrogens is 4. The number of carbonyl (C=O) groups excluding carboxylic acids is 4. The van der Waals surface area contributed by atoms with E-state index < -0.39 is 114 Å². The Hall–Kier alpha value is -4.08. The number of carboxylic acid groups (broad SMARTS) is 1. The molecule has 0 aliphatic carbocycles. The van der Waals surface area contributed by atoms with E-state index in [1.165, 1.54) is 26.0 Å². The molecular weight excluding hydrogens is 927 g/mol. The van der Waals surface area contributed by atoms with Gasteiger partial charge in [-0.15, -0.1) is 0 Å². The summed E-state index contributed by atoms with van der Waals surface area (Å²) in [5.41, 5.74) is 4.32. The van der Waals surface area contributed by atoms with E-state index in [-0.39, 0.29) is 47.8 Å². The number of nitrogen functional groups attached to an aromatic ring is 1. The fourth-order valence-corrected chi connectivity index (χ4v) is 9.27. The van der Waals surface area contributed by atoms with E-state index in [0.29, 0.717) is 11.8 Å². The molecule has 2 amide bonds. The van der Waals surface area contributed by atoms with Crippen LogP contribution in [0.3, 0.4) is 0 Å². The minimum absolute atomic E-state index is 0.00949. The number of aliphatic hydroxyl groups excluding tert-OH is 2. The Morgan fingerprint density at radius 2 is 1.65 bits per heavy atom. The molecule has 0 radical (unpaired) electrons. The van der Waals surface area contributed by atoms with Crippen molar-refractivity contribution >= 4 is 80.9 Å². The van der Waals surface area contributed by atoms with Crippen LogP contribution in [-0.4, -0.2) is 140 Å². The fraction of sp³-hybridized carbons (Fsp3) is 0.500. The molecule has 8 atom stereocenters. The third-order valence-electron chi connectivity index (χ3n) is 8.78. The minimum Gasteiger partial charge on any atom is -0.481 e. The molecule has 1 aromatic carbocycles. The van der Waals surface area contributed by atoms with Gasteiger partial charge in [0.05, 0.1) is 26.0 Å². The van der Waals surface area contributed by atoms with Crippen molar-refractivity contribution in [3.63, 3.8) is 0 Å². The number of benzene rings is 1. The van der Waals surface area contributed by atoms with Gasteiger partial charge in [0.25, 0.3) is 0 Å². The Kier molecular flexibility index (Phi) is 17.8. The van der Waals surface area contributed by atoms with Crippen molar-refractivity contribution in [3.8, 4) is 0 Å². The monoisotopic (exact) mass is 971 g/mol. The average molecular weight is 972 g/mol. The van der Waals surface area contributed by atoms with Crippen LogP contribution in [-0.2, 0) is 55.5 Å². The number of rotatable bonds is 24. The number of phosphoric acid groups is 3. The molecule has 348 valence electrons. The number of hydrogen-bond donors (Lipinski definition) is 10. The molecule has 1 saturated heterocycles. The number of thioether (sulfide) groups is 1. The van der Waals surface area contributed by atoms with Gasteiger partial charge in [-0.3, -0.25) is 42.1 Å². The molecule has 1 fully saturated rings. The standard InChI is InChI=1S/C32H44N7O20P3S/c1-32(2,26(45)29(46)35-9-8-20(40)34-10-11-63-31(47)18(12-21(41)42)23(43)17-6-4-3-5-7-17)14-56-62(53,54)59-61(51,52)55-13-19-25(58-60(48,49)50)24(44)30(57-19)39-16-38-22-27(33)36-15-37-28(22)39/h3-7,15-16,18-19,24-26,30,44-45H,8-14H2,1-2H3,(H,34,40)(H,35,46)(H,41,42)(H,51,52)(H,53,54)(H2,33,36,37)(H2,48,49,50). The number of amides is 2. The number of anilines is 1. The lowest BCUT2D eigenvalue weighted by atomic mass is 9.87. The number of nitrogens with one attached hydrogen (secondary N) is 2. The third kappa shape index (κ3) is 15.0. The van der Waals surface area contributed by atoms with Crippen LogP contribution < -0.4 is 16.4 Å². The smallest absolute Gasteiger partial charge is 0.481 e. The number of imidazole rings is 1. The number of carbonyl (C=O) groups is 5. The maximum absolute atomic E-state index is 12.7. The summed E-state index contributed by atoms with van der Waals surface area (Å²) in [6.07, 6.45) is -7.99. The number of ketones is 1. The van der Waals surface area contributed by atoms with Crippen molar-refractivity contribution in [2.75, 3.05) is 37.8 Å². The van der Waals surface area contributed by atoms with Gasteiger partial charge in [-0.05, 0) is 0 Å². The summed E-state index contributed by atoms with van der Waals surface area (Å²) in [5.74, 6) is -5.16. The van der Waals surface area contributed by atoms with Gasteiger partial charge in [-0.1, -0.05) is 55.9 Å². The summed E-state index contributed by atoms with van der Waals surface area (Å²) in [4.78, 5) is 113. The number of carboxylic acids is 1. The highest BCUT2D eigenvalue weighted by Crippen LogP contribution is 2.61. The number of phosphoric ester groups is 3. The van der Waals surface area contributed by atoms with Crippen molar-refractivity contribution in [1.82, 2.24) is 30.2 Å². The van der Waals surface area contributed by atoms with Gasteiger partial charge < -0.3 is 56.0 Å². The highest BCUT2D eigenvalue weighted by Gasteiger charge is 2.50. The maximum Gasteiger partial charge on any atom is 0.481 e. The normalized spacial score (nSPS) is 20.9. The van der Waals surface area contributed by atoms with Gasteiger partial charge >= 0.3 is 29.4 Å². The van der Waals surface area contributed by atoms with E-state index in [9.17, 15) is 72.6 Å². The highest BCUT2D eigenvalue weighted by atomic mass is 32.2. The predicted molar refractivity (Wildman–Crippen MR) is 214 cm³/mol. The summed E-state index contributed by atoms with van der Waals surface area (Å²) in [7, 11) is -16.5. The number of ether oxygens (including phenoxy) is 1. The first-order valence-electron chi connectivity index (χ1n) is 18.2. The van der Waals surface area contributed by atoms with Crippen molar-refractivity contribution in [2.45, 2.75) is 57.3 Å². The average Bonchev–Trinajstić information content (AvgIpc) is 3.76. The summed E-state index contributed by atoms with van der Waals surface area (Å²) in [6, 6.07) is 7.69. The first kappa shape index (κ1) is 51.6. The second-order valence-corrected chi connectivity index (χ2v) is 19.5. The molecule has 3 aromatic rings. The number of nitrogens with two attached hydrogens (primary N) is 1. The largest absolute Gasteiger partial charge is 0.481 e. The van der Waals surface area contributed by atoms with E-state index in [1.54, 1.807) is 18.2 Å². The predicted octanol–water partition coefficient (Wildman–Crippen LogP) is -0.361. The zero-order chi connectivity index (χ0) is 46.9. The summed E-state index contributed by atoms with van der Waals surface area (Å²) in [5, 5.41) is 34.8. The third-order valence-corrected chi connectivity index (χ3v) is 12.9. The molecule has 8 unspecified atom stereocenters. The first-order chi connectivity index (χ1) is 29.3. The molecule has 2 aromatic heterocycles. The Labute approximate surface area is 360 Å². The van der Waals surface area contributed by atoms with Gasteiger partial charge in [0.2, 0.25) is 11.8 Å². The van der Waals surface area contributed by atoms with Crippen molar-refractivity contribution in [1.29, 1.82) is 0 Å². The lowest BCUT2D eigenvalue weighted by molar-refractivity contribution is -0.139. The molecule has 31 heteroatoms. The van der Waals surface area contributed by atoms with Crippen LogP contribution in [0, 0.1) is 11.3 Å². The van der Waals surface area contributed by atoms with Crippen LogP contribution in [0.2, 0.25) is 0 Å². The van der Waals surface area contributed by atoms with Gasteiger partial charge in [0, 0.05) is 36.2 Å². The number of Topliss-reactive ketones (excluding diaryl/α,β-unsaturated/α-hetero) is 1. The lowest BCUT2D eigenvalue weighted by Gasteiger charge is -2.30. The van der Waals surface area contributed by atoms with Gasteiger partial charge in [0.15, 0.2) is 28.6 Å². The van der Waals surface area contributed by atoms with E-state index in [0.717, 1.165) is 17.2 Å². The van der Waals surface area contributed by atoms with Crippen molar-refractivity contribution in [3.05, 3.63) is 48.5 Å². The zero-order valence-corrected chi connectivity index (χ0v) is 36.5. The number of aliphatic carboxylic acids is 1. The van der Waals surface area contributed by atoms with Crippen LogP contribution in [0.1, 0.15) is 43.3 Å². The summed E-state index contributed by atoms with van der Waals surface area (Å²) >= 11 is 0.659. The SMILES string of the molecule is CC(C)(COP(=O)(O)OP(=O)(O)OCC1OC(n2cnc3c(N)ncnc32)C(O)C1OP(=O)(O)O)C(O)C(=O)NCCC(=O)NCCSC(=O)C(CC(=O)O)C(=O)c1ccccc1. The van der Waals surface area contributed by atoms with Gasteiger partial charge in [0.1, 0.15) is 42.2 Å². The van der Waals surface area contributed by atoms with Crippen LogP contribution in [0.5, 0.6) is 0 Å².